The second kappa shape index (κ2) is 11.5. The number of hydrogen-bond acceptors (Lipinski definition) is 2. The summed E-state index contributed by atoms with van der Waals surface area (Å²) in [6.07, 6.45) is 11.9. The van der Waals surface area contributed by atoms with Crippen molar-refractivity contribution in [2.75, 3.05) is 0 Å². The Kier molecular flexibility index (Phi) is 9.61. The lowest BCUT2D eigenvalue weighted by molar-refractivity contribution is 0.618. The molecule has 0 fully saturated rings. The van der Waals surface area contributed by atoms with Gasteiger partial charge in [-0.1, -0.05) is 88.8 Å². The molecule has 136 valence electrons. The third-order valence-corrected chi connectivity index (χ3v) is 4.14. The van der Waals surface area contributed by atoms with Crippen LogP contribution < -0.4 is 5.32 Å². The van der Waals surface area contributed by atoms with Crippen molar-refractivity contribution in [1.82, 2.24) is 5.32 Å². The summed E-state index contributed by atoms with van der Waals surface area (Å²) in [6.45, 7) is 13.0. The Labute approximate surface area is 154 Å². The summed E-state index contributed by atoms with van der Waals surface area (Å²) in [7, 11) is 0. The van der Waals surface area contributed by atoms with Crippen LogP contribution in [0.2, 0.25) is 0 Å². The lowest BCUT2D eigenvalue weighted by Crippen LogP contribution is -2.31. The van der Waals surface area contributed by atoms with Crippen LogP contribution in [0.15, 0.2) is 71.4 Å². The van der Waals surface area contributed by atoms with E-state index in [1.54, 1.807) is 0 Å². The molecule has 2 unspecified atom stereocenters. The maximum atomic E-state index is 4.83. The molecule has 2 heteroatoms. The van der Waals surface area contributed by atoms with Crippen molar-refractivity contribution in [3.05, 3.63) is 72.0 Å². The number of nitrogens with one attached hydrogen (secondary N) is 1. The van der Waals surface area contributed by atoms with Crippen LogP contribution in [0, 0.1) is 11.8 Å². The van der Waals surface area contributed by atoms with Crippen molar-refractivity contribution < 1.29 is 0 Å². The molecule has 1 aliphatic rings. The number of rotatable bonds is 5. The number of allylic oxidation sites excluding steroid dienone is 4. The third-order valence-electron chi connectivity index (χ3n) is 4.14. The van der Waals surface area contributed by atoms with E-state index >= 15 is 0 Å². The van der Waals surface area contributed by atoms with E-state index in [0.717, 1.165) is 23.0 Å². The minimum Gasteiger partial charge on any atom is -0.344 e. The molecule has 2 atom stereocenters. The number of hydrogen-bond donors (Lipinski definition) is 1. The Morgan fingerprint density at radius 3 is 2.32 bits per heavy atom. The Hall–Kier alpha value is -2.09. The van der Waals surface area contributed by atoms with Crippen molar-refractivity contribution in [2.45, 2.75) is 54.0 Å². The number of nitrogens with zero attached hydrogens (tertiary/aromatic N) is 1. The molecule has 1 aliphatic heterocycles. The highest BCUT2D eigenvalue weighted by molar-refractivity contribution is 6.00. The van der Waals surface area contributed by atoms with Gasteiger partial charge in [0.2, 0.25) is 0 Å². The molecular weight excluding hydrogens is 304 g/mol. The van der Waals surface area contributed by atoms with Gasteiger partial charge in [-0.15, -0.1) is 0 Å². The molecule has 0 spiro atoms. The van der Waals surface area contributed by atoms with Gasteiger partial charge in [0.15, 0.2) is 0 Å². The second-order valence-corrected chi connectivity index (χ2v) is 6.88. The van der Waals surface area contributed by atoms with Gasteiger partial charge >= 0.3 is 0 Å². The van der Waals surface area contributed by atoms with Crippen LogP contribution in [0.4, 0.5) is 0 Å². The maximum absolute atomic E-state index is 4.83. The van der Waals surface area contributed by atoms with Crippen LogP contribution in [0.25, 0.3) is 0 Å². The predicted molar refractivity (Wildman–Crippen MR) is 112 cm³/mol. The van der Waals surface area contributed by atoms with E-state index in [0.29, 0.717) is 5.92 Å². The van der Waals surface area contributed by atoms with E-state index in [4.69, 9.17) is 4.99 Å². The SMILES string of the molecule is C/C=C\C=C/C(C)C1C=C(C)NC(c2ccccc2)=N1.CCC(C)C. The van der Waals surface area contributed by atoms with Gasteiger partial charge in [0.25, 0.3) is 0 Å². The molecule has 1 N–H and O–H groups in total. The second-order valence-electron chi connectivity index (χ2n) is 6.88. The highest BCUT2D eigenvalue weighted by atomic mass is 15.0. The minimum atomic E-state index is 0.188. The zero-order valence-electron chi connectivity index (χ0n) is 16.7. The molecule has 0 saturated heterocycles. The van der Waals surface area contributed by atoms with E-state index in [9.17, 15) is 0 Å². The first-order valence-corrected chi connectivity index (χ1v) is 9.36. The lowest BCUT2D eigenvalue weighted by atomic mass is 9.99. The summed E-state index contributed by atoms with van der Waals surface area (Å²) >= 11 is 0. The van der Waals surface area contributed by atoms with Gasteiger partial charge in [-0.25, -0.2) is 0 Å². The monoisotopic (exact) mass is 338 g/mol. The standard InChI is InChI=1S/C18H22N2.C5H12/c1-4-5-7-10-14(2)17-13-15(3)19-18(20-17)16-11-8-6-9-12-16;1-4-5(2)3/h4-14,17H,1-3H3,(H,19,20);5H,4H2,1-3H3/b5-4-,10-7-;. The van der Waals surface area contributed by atoms with Crippen molar-refractivity contribution in [3.8, 4) is 0 Å². The zero-order chi connectivity index (χ0) is 18.7. The van der Waals surface area contributed by atoms with Crippen molar-refractivity contribution in [2.24, 2.45) is 16.8 Å². The quantitative estimate of drug-likeness (QED) is 0.642. The average molecular weight is 339 g/mol. The molecule has 1 heterocycles. The molecule has 0 bridgehead atoms. The van der Waals surface area contributed by atoms with E-state index in [1.165, 1.54) is 6.42 Å². The first kappa shape index (κ1) is 21.0. The van der Waals surface area contributed by atoms with Crippen molar-refractivity contribution in [1.29, 1.82) is 0 Å². The predicted octanol–water partition coefficient (Wildman–Crippen LogP) is 6.13. The fourth-order valence-corrected chi connectivity index (χ4v) is 2.18. The smallest absolute Gasteiger partial charge is 0.133 e. The van der Waals surface area contributed by atoms with Gasteiger partial charge in [0.05, 0.1) is 6.04 Å². The normalized spacial score (nSPS) is 18.4. The maximum Gasteiger partial charge on any atom is 0.133 e. The molecule has 2 nitrogen and oxygen atoms in total. The van der Waals surface area contributed by atoms with Crippen LogP contribution >= 0.6 is 0 Å². The first-order chi connectivity index (χ1) is 12.0. The molecule has 0 aliphatic carbocycles. The van der Waals surface area contributed by atoms with Crippen LogP contribution in [0.1, 0.15) is 53.5 Å². The van der Waals surface area contributed by atoms with Gasteiger partial charge in [-0.3, -0.25) is 4.99 Å². The molecule has 0 saturated carbocycles. The largest absolute Gasteiger partial charge is 0.344 e. The Balaban J connectivity index is 0.000000550. The molecular formula is C23H34N2. The first-order valence-electron chi connectivity index (χ1n) is 9.36. The summed E-state index contributed by atoms with van der Waals surface area (Å²) in [6, 6.07) is 10.5. The molecule has 1 aromatic rings. The van der Waals surface area contributed by atoms with E-state index in [-0.39, 0.29) is 6.04 Å². The highest BCUT2D eigenvalue weighted by Crippen LogP contribution is 2.17. The van der Waals surface area contributed by atoms with Gasteiger partial charge in [-0.05, 0) is 25.8 Å². The van der Waals surface area contributed by atoms with Crippen molar-refractivity contribution in [3.63, 3.8) is 0 Å². The van der Waals surface area contributed by atoms with Gasteiger partial charge in [0.1, 0.15) is 5.84 Å². The Morgan fingerprint density at radius 2 is 1.76 bits per heavy atom. The van der Waals surface area contributed by atoms with Gasteiger partial charge in [0, 0.05) is 17.2 Å². The lowest BCUT2D eigenvalue weighted by Gasteiger charge is -2.23. The fraction of sp³-hybridized carbons (Fsp3) is 0.435. The molecule has 0 radical (unpaired) electrons. The van der Waals surface area contributed by atoms with E-state index in [2.05, 4.69) is 76.4 Å². The topological polar surface area (TPSA) is 24.4 Å². The molecule has 0 amide bonds. The molecule has 1 aromatic carbocycles. The molecule has 25 heavy (non-hydrogen) atoms. The zero-order valence-corrected chi connectivity index (χ0v) is 16.7. The third kappa shape index (κ3) is 8.02. The van der Waals surface area contributed by atoms with Crippen LogP contribution in [0.5, 0.6) is 0 Å². The number of aliphatic imine (C=N–C) groups is 1. The van der Waals surface area contributed by atoms with Crippen LogP contribution in [-0.4, -0.2) is 11.9 Å². The van der Waals surface area contributed by atoms with Crippen LogP contribution in [0.3, 0.4) is 0 Å². The molecule has 0 aromatic heterocycles. The number of amidine groups is 1. The average Bonchev–Trinajstić information content (AvgIpc) is 2.62. The minimum absolute atomic E-state index is 0.188. The summed E-state index contributed by atoms with van der Waals surface area (Å²) < 4.78 is 0. The van der Waals surface area contributed by atoms with Gasteiger partial charge < -0.3 is 5.32 Å². The highest BCUT2D eigenvalue weighted by Gasteiger charge is 2.18. The van der Waals surface area contributed by atoms with Crippen molar-refractivity contribution >= 4 is 5.84 Å². The molecule has 2 rings (SSSR count). The summed E-state index contributed by atoms with van der Waals surface area (Å²) in [4.78, 5) is 4.83. The Morgan fingerprint density at radius 1 is 1.12 bits per heavy atom. The summed E-state index contributed by atoms with van der Waals surface area (Å²) in [5, 5.41) is 3.36. The summed E-state index contributed by atoms with van der Waals surface area (Å²) in [5.41, 5.74) is 2.30. The Bertz CT molecular complexity index is 606. The van der Waals surface area contributed by atoms with E-state index in [1.807, 2.05) is 31.2 Å². The van der Waals surface area contributed by atoms with Gasteiger partial charge in [-0.2, -0.15) is 0 Å². The van der Waals surface area contributed by atoms with Crippen LogP contribution in [-0.2, 0) is 0 Å². The number of benzene rings is 1. The van der Waals surface area contributed by atoms with E-state index < -0.39 is 0 Å². The summed E-state index contributed by atoms with van der Waals surface area (Å²) in [5.74, 6) is 2.22. The fourth-order valence-electron chi connectivity index (χ4n) is 2.18.